The van der Waals surface area contributed by atoms with Crippen molar-refractivity contribution in [2.45, 2.75) is 51.6 Å². The number of amides is 1. The Morgan fingerprint density at radius 3 is 2.76 bits per heavy atom. The summed E-state index contributed by atoms with van der Waals surface area (Å²) in [5, 5.41) is 13.5. The van der Waals surface area contributed by atoms with Gasteiger partial charge in [-0.15, -0.1) is 0 Å². The van der Waals surface area contributed by atoms with Gasteiger partial charge in [0.25, 0.3) is 0 Å². The molecule has 0 radical (unpaired) electrons. The first kappa shape index (κ1) is 15.8. The quantitative estimate of drug-likeness (QED) is 0.759. The molecule has 0 aromatic carbocycles. The molecule has 0 bridgehead atoms. The largest absolute Gasteiger partial charge is 0.481 e. The fourth-order valence-electron chi connectivity index (χ4n) is 2.37. The van der Waals surface area contributed by atoms with Crippen LogP contribution in [0.2, 0.25) is 0 Å². The van der Waals surface area contributed by atoms with E-state index in [4.69, 9.17) is 5.11 Å². The summed E-state index contributed by atoms with van der Waals surface area (Å²) in [6.07, 6.45) is 2.85. The maximum atomic E-state index is 11.9. The number of carboxylic acid groups (broad SMARTS) is 1. The molecule has 1 fully saturated rings. The standard InChI is InChI=1S/C14H20N2O4S/c1-9-8-21-14(20)16(9)6-2-3-12(17)15-11(7-13(18)19)10-4-5-10/h8,10-11H,2-7H2,1H3,(H,15,17)(H,18,19). The zero-order valence-electron chi connectivity index (χ0n) is 12.0. The van der Waals surface area contributed by atoms with E-state index in [2.05, 4.69) is 5.32 Å². The highest BCUT2D eigenvalue weighted by Crippen LogP contribution is 2.34. The Bertz CT molecular complexity index is 574. The van der Waals surface area contributed by atoms with E-state index >= 15 is 0 Å². The van der Waals surface area contributed by atoms with Gasteiger partial charge in [0, 0.05) is 30.1 Å². The molecule has 6 nitrogen and oxygen atoms in total. The van der Waals surface area contributed by atoms with E-state index in [0.29, 0.717) is 25.3 Å². The van der Waals surface area contributed by atoms with Gasteiger partial charge in [-0.25, -0.2) is 0 Å². The first-order valence-electron chi connectivity index (χ1n) is 7.13. The topological polar surface area (TPSA) is 88.4 Å². The Morgan fingerprint density at radius 1 is 1.52 bits per heavy atom. The van der Waals surface area contributed by atoms with Crippen molar-refractivity contribution >= 4 is 23.2 Å². The normalized spacial score (nSPS) is 15.7. The Balaban J connectivity index is 1.76. The van der Waals surface area contributed by atoms with Crippen molar-refractivity contribution in [1.82, 2.24) is 9.88 Å². The van der Waals surface area contributed by atoms with E-state index in [1.807, 2.05) is 6.92 Å². The predicted molar refractivity (Wildman–Crippen MR) is 79.5 cm³/mol. The third-order valence-corrected chi connectivity index (χ3v) is 4.57. The molecule has 1 aliphatic carbocycles. The van der Waals surface area contributed by atoms with Gasteiger partial charge < -0.3 is 15.0 Å². The summed E-state index contributed by atoms with van der Waals surface area (Å²) in [6.45, 7) is 2.39. The van der Waals surface area contributed by atoms with Gasteiger partial charge in [-0.3, -0.25) is 14.4 Å². The van der Waals surface area contributed by atoms with Crippen molar-refractivity contribution in [1.29, 1.82) is 0 Å². The van der Waals surface area contributed by atoms with Gasteiger partial charge in [-0.05, 0) is 32.1 Å². The van der Waals surface area contributed by atoms with Gasteiger partial charge in [0.05, 0.1) is 6.42 Å². The first-order chi connectivity index (χ1) is 9.97. The SMILES string of the molecule is Cc1csc(=O)n1CCCC(=O)NC(CC(=O)O)C1CC1. The van der Waals surface area contributed by atoms with Crippen LogP contribution in [0.4, 0.5) is 0 Å². The minimum Gasteiger partial charge on any atom is -0.481 e. The van der Waals surface area contributed by atoms with E-state index in [-0.39, 0.29) is 23.2 Å². The van der Waals surface area contributed by atoms with Crippen molar-refractivity contribution < 1.29 is 14.7 Å². The minimum atomic E-state index is -0.882. The molecule has 0 aliphatic heterocycles. The number of carboxylic acids is 1. The van der Waals surface area contributed by atoms with Crippen LogP contribution in [0.15, 0.2) is 10.2 Å². The number of aryl methyl sites for hydroxylation is 1. The average molecular weight is 312 g/mol. The number of hydrogen-bond acceptors (Lipinski definition) is 4. The second-order valence-electron chi connectivity index (χ2n) is 5.51. The molecule has 2 rings (SSSR count). The van der Waals surface area contributed by atoms with Crippen molar-refractivity contribution in [3.63, 3.8) is 0 Å². The van der Waals surface area contributed by atoms with Gasteiger partial charge in [0.2, 0.25) is 5.91 Å². The highest BCUT2D eigenvalue weighted by molar-refractivity contribution is 7.07. The number of thiazole rings is 1. The second-order valence-corrected chi connectivity index (χ2v) is 6.33. The van der Waals surface area contributed by atoms with Crippen LogP contribution in [-0.4, -0.2) is 27.6 Å². The van der Waals surface area contributed by atoms with Gasteiger partial charge in [-0.2, -0.15) is 0 Å². The molecular formula is C14H20N2O4S. The van der Waals surface area contributed by atoms with Crippen molar-refractivity contribution in [3.8, 4) is 0 Å². The third-order valence-electron chi connectivity index (χ3n) is 3.69. The summed E-state index contributed by atoms with van der Waals surface area (Å²) >= 11 is 1.16. The lowest BCUT2D eigenvalue weighted by Gasteiger charge is -2.16. The van der Waals surface area contributed by atoms with Crippen LogP contribution in [0.25, 0.3) is 0 Å². The molecular weight excluding hydrogens is 292 g/mol. The third kappa shape index (κ3) is 4.70. The summed E-state index contributed by atoms with van der Waals surface area (Å²) < 4.78 is 1.66. The van der Waals surface area contributed by atoms with Crippen LogP contribution >= 0.6 is 11.3 Å². The number of aliphatic carboxylic acids is 1. The zero-order valence-corrected chi connectivity index (χ0v) is 12.8. The van der Waals surface area contributed by atoms with Gasteiger partial charge in [0.15, 0.2) is 0 Å². The number of nitrogens with zero attached hydrogens (tertiary/aromatic N) is 1. The molecule has 1 unspecified atom stereocenters. The number of aromatic nitrogens is 1. The van der Waals surface area contributed by atoms with Crippen LogP contribution < -0.4 is 10.2 Å². The molecule has 1 amide bonds. The van der Waals surface area contributed by atoms with Crippen molar-refractivity contribution in [2.75, 3.05) is 0 Å². The van der Waals surface area contributed by atoms with E-state index < -0.39 is 5.97 Å². The monoisotopic (exact) mass is 312 g/mol. The molecule has 1 aliphatic rings. The molecule has 1 aromatic heterocycles. The number of hydrogen-bond donors (Lipinski definition) is 2. The van der Waals surface area contributed by atoms with Crippen LogP contribution in [0.3, 0.4) is 0 Å². The highest BCUT2D eigenvalue weighted by atomic mass is 32.1. The predicted octanol–water partition coefficient (Wildman–Crippen LogP) is 1.37. The molecule has 2 N–H and O–H groups in total. The molecule has 116 valence electrons. The maximum absolute atomic E-state index is 11.9. The first-order valence-corrected chi connectivity index (χ1v) is 8.01. The van der Waals surface area contributed by atoms with E-state index in [1.165, 1.54) is 0 Å². The van der Waals surface area contributed by atoms with Crippen LogP contribution in [-0.2, 0) is 16.1 Å². The minimum absolute atomic E-state index is 0.00496. The second kappa shape index (κ2) is 6.89. The summed E-state index contributed by atoms with van der Waals surface area (Å²) in [5.41, 5.74) is 0.909. The summed E-state index contributed by atoms with van der Waals surface area (Å²) in [7, 11) is 0. The lowest BCUT2D eigenvalue weighted by atomic mass is 10.1. The average Bonchev–Trinajstić information content (AvgIpc) is 3.19. The fraction of sp³-hybridized carbons (Fsp3) is 0.643. The zero-order chi connectivity index (χ0) is 15.4. The molecule has 0 saturated heterocycles. The number of carbonyl (C=O) groups is 2. The van der Waals surface area contributed by atoms with Gasteiger partial charge in [-0.1, -0.05) is 11.3 Å². The lowest BCUT2D eigenvalue weighted by molar-refractivity contribution is -0.137. The molecule has 1 aromatic rings. The van der Waals surface area contributed by atoms with Gasteiger partial charge >= 0.3 is 10.8 Å². The van der Waals surface area contributed by atoms with Crippen LogP contribution in [0, 0.1) is 12.8 Å². The Labute approximate surface area is 126 Å². The Morgan fingerprint density at radius 2 is 2.24 bits per heavy atom. The fourth-order valence-corrected chi connectivity index (χ4v) is 3.13. The van der Waals surface area contributed by atoms with Crippen molar-refractivity contribution in [2.24, 2.45) is 5.92 Å². The number of carbonyl (C=O) groups excluding carboxylic acids is 1. The van der Waals surface area contributed by atoms with Crippen LogP contribution in [0.1, 0.15) is 37.8 Å². The van der Waals surface area contributed by atoms with Crippen molar-refractivity contribution in [3.05, 3.63) is 20.7 Å². The van der Waals surface area contributed by atoms with Crippen LogP contribution in [0.5, 0.6) is 0 Å². The highest BCUT2D eigenvalue weighted by Gasteiger charge is 2.33. The van der Waals surface area contributed by atoms with E-state index in [1.54, 1.807) is 9.95 Å². The summed E-state index contributed by atoms with van der Waals surface area (Å²) in [6, 6.07) is -0.249. The van der Waals surface area contributed by atoms with E-state index in [0.717, 1.165) is 29.9 Å². The summed E-state index contributed by atoms with van der Waals surface area (Å²) in [5.74, 6) is -0.700. The smallest absolute Gasteiger partial charge is 0.307 e. The number of rotatable bonds is 8. The lowest BCUT2D eigenvalue weighted by Crippen LogP contribution is -2.38. The maximum Gasteiger partial charge on any atom is 0.307 e. The molecule has 0 spiro atoms. The van der Waals surface area contributed by atoms with Gasteiger partial charge in [0.1, 0.15) is 0 Å². The summed E-state index contributed by atoms with van der Waals surface area (Å²) in [4.78, 5) is 34.2. The molecule has 21 heavy (non-hydrogen) atoms. The molecule has 1 atom stereocenters. The Hall–Kier alpha value is -1.63. The number of nitrogens with one attached hydrogen (secondary N) is 1. The Kier molecular flexibility index (Phi) is 5.17. The molecule has 7 heteroatoms. The molecule has 1 heterocycles. The van der Waals surface area contributed by atoms with E-state index in [9.17, 15) is 14.4 Å². The molecule has 1 saturated carbocycles.